The van der Waals surface area contributed by atoms with E-state index in [0.29, 0.717) is 11.3 Å². The topological polar surface area (TPSA) is 54.4 Å². The van der Waals surface area contributed by atoms with E-state index in [0.717, 1.165) is 4.90 Å². The third-order valence-corrected chi connectivity index (χ3v) is 4.73. The van der Waals surface area contributed by atoms with E-state index in [1.165, 1.54) is 17.8 Å². The minimum atomic E-state index is -0.856. The van der Waals surface area contributed by atoms with Crippen molar-refractivity contribution in [3.05, 3.63) is 53.5 Å². The van der Waals surface area contributed by atoms with E-state index in [9.17, 15) is 14.7 Å². The lowest BCUT2D eigenvalue weighted by Crippen LogP contribution is -2.42. The standard InChI is InChI=1S/C16H14O3S/c17-12-8-4-7-11-13(18)9-14(16(19)15(11)12)20-10-5-2-1-3-6-10/h1-6,8-9,11-12,15,17H,7H2/t11-,12-,15+/m0/s1. The van der Waals surface area contributed by atoms with Crippen LogP contribution in [0.5, 0.6) is 0 Å². The molecular formula is C16H14O3S. The van der Waals surface area contributed by atoms with E-state index in [1.54, 1.807) is 12.2 Å². The number of aliphatic hydroxyl groups is 1. The highest BCUT2D eigenvalue weighted by atomic mass is 32.2. The molecule has 4 heteroatoms. The Morgan fingerprint density at radius 2 is 1.90 bits per heavy atom. The molecule has 0 aromatic heterocycles. The molecule has 3 atom stereocenters. The first-order valence-corrected chi connectivity index (χ1v) is 7.36. The molecule has 0 saturated heterocycles. The van der Waals surface area contributed by atoms with E-state index in [2.05, 4.69) is 0 Å². The normalized spacial score (nSPS) is 29.1. The van der Waals surface area contributed by atoms with Gasteiger partial charge in [-0.2, -0.15) is 0 Å². The fourth-order valence-corrected chi connectivity index (χ4v) is 3.63. The molecule has 1 aromatic rings. The van der Waals surface area contributed by atoms with Crippen LogP contribution in [-0.2, 0) is 9.59 Å². The van der Waals surface area contributed by atoms with Crippen molar-refractivity contribution in [2.24, 2.45) is 11.8 Å². The predicted molar refractivity (Wildman–Crippen MR) is 77.1 cm³/mol. The van der Waals surface area contributed by atoms with Crippen molar-refractivity contribution in [3.8, 4) is 0 Å². The van der Waals surface area contributed by atoms with Crippen LogP contribution in [0.25, 0.3) is 0 Å². The number of allylic oxidation sites excluding steroid dienone is 3. The second kappa shape index (κ2) is 5.38. The van der Waals surface area contributed by atoms with Crippen molar-refractivity contribution in [2.45, 2.75) is 17.4 Å². The van der Waals surface area contributed by atoms with Gasteiger partial charge in [-0.15, -0.1) is 0 Å². The van der Waals surface area contributed by atoms with E-state index in [-0.39, 0.29) is 11.6 Å². The fourth-order valence-electron chi connectivity index (χ4n) is 2.67. The Hall–Kier alpha value is -1.65. The summed E-state index contributed by atoms with van der Waals surface area (Å²) in [4.78, 5) is 26.0. The Morgan fingerprint density at radius 1 is 1.15 bits per heavy atom. The van der Waals surface area contributed by atoms with Gasteiger partial charge < -0.3 is 5.11 Å². The van der Waals surface area contributed by atoms with Crippen LogP contribution >= 0.6 is 11.8 Å². The van der Waals surface area contributed by atoms with Crippen molar-refractivity contribution in [3.63, 3.8) is 0 Å². The van der Waals surface area contributed by atoms with Crippen LogP contribution in [0.15, 0.2) is 58.4 Å². The number of hydrogen-bond donors (Lipinski definition) is 1. The lowest BCUT2D eigenvalue weighted by molar-refractivity contribution is -0.132. The van der Waals surface area contributed by atoms with Gasteiger partial charge in [0.1, 0.15) is 0 Å². The summed E-state index contributed by atoms with van der Waals surface area (Å²) in [5, 5.41) is 9.98. The Balaban J connectivity index is 1.90. The molecule has 3 rings (SSSR count). The van der Waals surface area contributed by atoms with E-state index in [1.807, 2.05) is 30.3 Å². The average Bonchev–Trinajstić information content (AvgIpc) is 2.45. The van der Waals surface area contributed by atoms with Gasteiger partial charge in [0.2, 0.25) is 0 Å². The van der Waals surface area contributed by atoms with Crippen LogP contribution < -0.4 is 0 Å². The summed E-state index contributed by atoms with van der Waals surface area (Å²) in [7, 11) is 0. The Labute approximate surface area is 121 Å². The number of rotatable bonds is 2. The zero-order chi connectivity index (χ0) is 14.1. The monoisotopic (exact) mass is 286 g/mol. The number of fused-ring (bicyclic) bond motifs is 1. The second-order valence-corrected chi connectivity index (χ2v) is 6.09. The minimum absolute atomic E-state index is 0.0589. The number of aliphatic hydroxyl groups excluding tert-OH is 1. The number of Topliss-reactive ketones (excluding diaryl/α,β-unsaturated/α-hetero) is 1. The molecule has 0 saturated carbocycles. The maximum atomic E-state index is 12.5. The van der Waals surface area contributed by atoms with Crippen LogP contribution in [0.2, 0.25) is 0 Å². The quantitative estimate of drug-likeness (QED) is 0.848. The summed E-state index contributed by atoms with van der Waals surface area (Å²) in [5.74, 6) is -1.21. The van der Waals surface area contributed by atoms with Gasteiger partial charge in [0.25, 0.3) is 0 Å². The van der Waals surface area contributed by atoms with Crippen molar-refractivity contribution in [1.29, 1.82) is 0 Å². The summed E-state index contributed by atoms with van der Waals surface area (Å²) in [6.45, 7) is 0. The fraction of sp³-hybridized carbons (Fsp3) is 0.250. The number of hydrogen-bond acceptors (Lipinski definition) is 4. The van der Waals surface area contributed by atoms with Gasteiger partial charge in [-0.05, 0) is 24.6 Å². The summed E-state index contributed by atoms with van der Waals surface area (Å²) in [5.41, 5.74) is 0. The number of benzene rings is 1. The van der Waals surface area contributed by atoms with Gasteiger partial charge in [-0.25, -0.2) is 0 Å². The summed E-state index contributed by atoms with van der Waals surface area (Å²) < 4.78 is 0. The van der Waals surface area contributed by atoms with Crippen molar-refractivity contribution >= 4 is 23.3 Å². The van der Waals surface area contributed by atoms with Gasteiger partial charge >= 0.3 is 0 Å². The highest BCUT2D eigenvalue weighted by Gasteiger charge is 2.43. The molecule has 0 bridgehead atoms. The first-order valence-electron chi connectivity index (χ1n) is 6.54. The first-order chi connectivity index (χ1) is 9.66. The third-order valence-electron chi connectivity index (χ3n) is 3.68. The van der Waals surface area contributed by atoms with Gasteiger partial charge in [-0.3, -0.25) is 9.59 Å². The van der Waals surface area contributed by atoms with Crippen LogP contribution in [0.1, 0.15) is 6.42 Å². The van der Waals surface area contributed by atoms with E-state index < -0.39 is 17.9 Å². The molecule has 0 spiro atoms. The second-order valence-electron chi connectivity index (χ2n) is 4.98. The SMILES string of the molecule is O=C1C(Sc2ccccc2)=CC(=O)[C@@H]2CC=C[C@H](O)[C@H]12. The Kier molecular flexibility index (Phi) is 3.59. The molecule has 2 aliphatic carbocycles. The summed E-state index contributed by atoms with van der Waals surface area (Å²) >= 11 is 1.29. The molecular weight excluding hydrogens is 272 g/mol. The van der Waals surface area contributed by atoms with Crippen molar-refractivity contribution in [1.82, 2.24) is 0 Å². The third kappa shape index (κ3) is 2.37. The number of carbonyl (C=O) groups is 2. The molecule has 3 nitrogen and oxygen atoms in total. The average molecular weight is 286 g/mol. The zero-order valence-corrected chi connectivity index (χ0v) is 11.5. The van der Waals surface area contributed by atoms with Crippen LogP contribution in [0, 0.1) is 11.8 Å². The molecule has 2 aliphatic rings. The summed E-state index contributed by atoms with van der Waals surface area (Å²) in [6.07, 6.45) is 4.51. The highest BCUT2D eigenvalue weighted by Crippen LogP contribution is 2.39. The number of ketones is 2. The number of thioether (sulfide) groups is 1. The lowest BCUT2D eigenvalue weighted by atomic mass is 9.73. The number of carbonyl (C=O) groups excluding carboxylic acids is 2. The van der Waals surface area contributed by atoms with Crippen LogP contribution in [0.4, 0.5) is 0 Å². The largest absolute Gasteiger partial charge is 0.388 e. The van der Waals surface area contributed by atoms with Crippen LogP contribution in [0.3, 0.4) is 0 Å². The molecule has 1 N–H and O–H groups in total. The maximum absolute atomic E-state index is 12.5. The molecule has 20 heavy (non-hydrogen) atoms. The molecule has 0 amide bonds. The van der Waals surface area contributed by atoms with Gasteiger partial charge in [0, 0.05) is 10.8 Å². The molecule has 0 aliphatic heterocycles. The Bertz CT molecular complexity index is 603. The van der Waals surface area contributed by atoms with Gasteiger partial charge in [0.15, 0.2) is 11.6 Å². The Morgan fingerprint density at radius 3 is 2.65 bits per heavy atom. The first kappa shape index (κ1) is 13.3. The van der Waals surface area contributed by atoms with Crippen molar-refractivity contribution in [2.75, 3.05) is 0 Å². The van der Waals surface area contributed by atoms with Crippen LogP contribution in [-0.4, -0.2) is 22.8 Å². The zero-order valence-electron chi connectivity index (χ0n) is 10.7. The smallest absolute Gasteiger partial charge is 0.176 e. The predicted octanol–water partition coefficient (Wildman–Crippen LogP) is 2.37. The van der Waals surface area contributed by atoms with Crippen molar-refractivity contribution < 1.29 is 14.7 Å². The lowest BCUT2D eigenvalue weighted by Gasteiger charge is -2.33. The molecule has 1 aromatic carbocycles. The summed E-state index contributed by atoms with van der Waals surface area (Å²) in [6, 6.07) is 9.47. The van der Waals surface area contributed by atoms with Gasteiger partial charge in [0.05, 0.1) is 16.9 Å². The molecule has 102 valence electrons. The van der Waals surface area contributed by atoms with E-state index >= 15 is 0 Å². The minimum Gasteiger partial charge on any atom is -0.388 e. The molecule has 0 heterocycles. The molecule has 0 radical (unpaired) electrons. The molecule has 0 unspecified atom stereocenters. The van der Waals surface area contributed by atoms with E-state index in [4.69, 9.17) is 0 Å². The highest BCUT2D eigenvalue weighted by molar-refractivity contribution is 8.04. The maximum Gasteiger partial charge on any atom is 0.176 e. The molecule has 0 fully saturated rings. The van der Waals surface area contributed by atoms with Gasteiger partial charge in [-0.1, -0.05) is 42.1 Å².